The van der Waals surface area contributed by atoms with E-state index in [1.54, 1.807) is 30.3 Å². The normalized spacial score (nSPS) is 19.8. The Morgan fingerprint density at radius 1 is 0.933 bits per heavy atom. The number of nitrogens with one attached hydrogen (secondary N) is 1. The maximum absolute atomic E-state index is 13.9. The van der Waals surface area contributed by atoms with E-state index in [0.717, 1.165) is 28.0 Å². The molecule has 2 atom stereocenters. The summed E-state index contributed by atoms with van der Waals surface area (Å²) < 4.78 is 67.0. The van der Waals surface area contributed by atoms with Gasteiger partial charge in [-0.3, -0.25) is 4.40 Å². The minimum Gasteiger partial charge on any atom is -0.487 e. The molecule has 11 nitrogen and oxygen atoms in total. The Morgan fingerprint density at radius 2 is 1.67 bits per heavy atom. The minimum absolute atomic E-state index is 0.0893. The molecule has 1 N–H and O–H groups in total. The smallest absolute Gasteiger partial charge is 0.269 e. The first-order valence-corrected chi connectivity index (χ1v) is 18.0. The first-order valence-electron chi connectivity index (χ1n) is 15.1. The highest BCUT2D eigenvalue weighted by molar-refractivity contribution is 7.90. The average molecular weight is 649 g/mol. The highest BCUT2D eigenvalue weighted by Crippen LogP contribution is 2.44. The molecule has 2 aliphatic rings. The van der Waals surface area contributed by atoms with Crippen molar-refractivity contribution < 1.29 is 21.6 Å². The molecule has 0 saturated heterocycles. The molecule has 2 aromatic carbocycles. The predicted octanol–water partition coefficient (Wildman–Crippen LogP) is 4.88. The van der Waals surface area contributed by atoms with Crippen molar-refractivity contribution in [2.24, 2.45) is 0 Å². The van der Waals surface area contributed by atoms with Crippen LogP contribution in [0.5, 0.6) is 5.75 Å². The molecule has 1 fully saturated rings. The van der Waals surface area contributed by atoms with Crippen molar-refractivity contribution in [3.8, 4) is 5.75 Å². The van der Waals surface area contributed by atoms with E-state index in [0.29, 0.717) is 53.1 Å². The Morgan fingerprint density at radius 3 is 2.40 bits per heavy atom. The lowest BCUT2D eigenvalue weighted by Gasteiger charge is -2.20. The van der Waals surface area contributed by atoms with Gasteiger partial charge in [-0.25, -0.2) is 30.5 Å². The second-order valence-electron chi connectivity index (χ2n) is 13.0. The summed E-state index contributed by atoms with van der Waals surface area (Å²) in [6.45, 7) is 11.6. The lowest BCUT2D eigenvalue weighted by molar-refractivity contribution is 0.137. The fraction of sp³-hybridized carbons (Fsp3) is 0.406. The topological polar surface area (TPSA) is 138 Å². The fourth-order valence-electron chi connectivity index (χ4n) is 6.98. The molecule has 5 aromatic rings. The van der Waals surface area contributed by atoms with Crippen LogP contribution in [0.4, 0.5) is 0 Å². The van der Waals surface area contributed by atoms with Gasteiger partial charge in [-0.2, -0.15) is 0 Å². The van der Waals surface area contributed by atoms with E-state index in [9.17, 15) is 16.8 Å². The van der Waals surface area contributed by atoms with Crippen molar-refractivity contribution in [2.75, 3.05) is 0 Å². The molecule has 236 valence electrons. The van der Waals surface area contributed by atoms with Crippen molar-refractivity contribution in [2.45, 2.75) is 94.6 Å². The third-order valence-corrected chi connectivity index (χ3v) is 12.8. The number of rotatable bonds is 6. The van der Waals surface area contributed by atoms with Crippen molar-refractivity contribution in [3.05, 3.63) is 76.4 Å². The minimum atomic E-state index is -3.88. The Bertz CT molecular complexity index is 2240. The zero-order valence-electron chi connectivity index (χ0n) is 26.1. The number of aromatic nitrogens is 5. The van der Waals surface area contributed by atoms with Crippen LogP contribution in [-0.2, 0) is 26.5 Å². The number of hydrogen-bond acceptors (Lipinski definition) is 8. The number of sulfonamides is 1. The van der Waals surface area contributed by atoms with Crippen LogP contribution in [0, 0.1) is 27.7 Å². The molecule has 7 rings (SSSR count). The SMILES string of the molecule is Cc1ccc(S(=O)(=O)n2ccc3c2ncc2nnc([C@@H]4CC[C@H](NS(=O)(=O)c5c(C)c(C)c6c(c5C)CC(C)(C)O6)C4)n23)cc1. The molecule has 3 aromatic heterocycles. The van der Waals surface area contributed by atoms with E-state index in [1.165, 1.54) is 16.4 Å². The number of ether oxygens (including phenoxy) is 1. The van der Waals surface area contributed by atoms with Crippen LogP contribution in [0.3, 0.4) is 0 Å². The summed E-state index contributed by atoms with van der Waals surface area (Å²) in [5, 5.41) is 8.79. The standard InChI is InChI=1S/C32H36N6O5S2/c1-18-7-11-24(12-8-18)45(41,42)37-14-13-26-31(37)33-17-27-34-35-30(38(26)27)22-9-10-23(15-22)36-44(39,40)29-20(3)19(2)28-25(21(29)4)16-32(5,6)43-28/h7-8,11-14,17,22-23,36H,9-10,15-16H2,1-6H3/t22-,23+/m1/s1. The van der Waals surface area contributed by atoms with Gasteiger partial charge >= 0.3 is 0 Å². The van der Waals surface area contributed by atoms with E-state index in [-0.39, 0.29) is 28.1 Å². The molecular formula is C32H36N6O5S2. The van der Waals surface area contributed by atoms with Gasteiger partial charge in [0.25, 0.3) is 10.0 Å². The summed E-state index contributed by atoms with van der Waals surface area (Å²) in [6.07, 6.45) is 5.53. The van der Waals surface area contributed by atoms with Gasteiger partial charge in [-0.1, -0.05) is 17.7 Å². The van der Waals surface area contributed by atoms with Gasteiger partial charge in [-0.05, 0) is 95.7 Å². The zero-order valence-corrected chi connectivity index (χ0v) is 27.8. The van der Waals surface area contributed by atoms with Crippen LogP contribution in [0.1, 0.15) is 72.7 Å². The van der Waals surface area contributed by atoms with Gasteiger partial charge in [0.05, 0.1) is 21.5 Å². The number of hydrogen-bond donors (Lipinski definition) is 1. The fourth-order valence-corrected chi connectivity index (χ4v) is 10.1. The molecule has 13 heteroatoms. The molecule has 45 heavy (non-hydrogen) atoms. The van der Waals surface area contributed by atoms with Crippen LogP contribution in [0.15, 0.2) is 52.5 Å². The van der Waals surface area contributed by atoms with E-state index in [2.05, 4.69) is 19.9 Å². The van der Waals surface area contributed by atoms with E-state index < -0.39 is 20.0 Å². The van der Waals surface area contributed by atoms with Gasteiger partial charge < -0.3 is 4.74 Å². The number of aryl methyl sites for hydroxylation is 1. The molecule has 1 aliphatic heterocycles. The summed E-state index contributed by atoms with van der Waals surface area (Å²) in [5.74, 6) is 1.37. The summed E-state index contributed by atoms with van der Waals surface area (Å²) in [6, 6.07) is 8.10. The van der Waals surface area contributed by atoms with Crippen molar-refractivity contribution in [3.63, 3.8) is 0 Å². The lowest BCUT2D eigenvalue weighted by Crippen LogP contribution is -2.34. The second kappa shape index (κ2) is 10.1. The van der Waals surface area contributed by atoms with Gasteiger partial charge in [0.2, 0.25) is 10.0 Å². The molecule has 0 spiro atoms. The summed E-state index contributed by atoms with van der Waals surface area (Å²) >= 11 is 0. The van der Waals surface area contributed by atoms with Crippen molar-refractivity contribution >= 4 is 36.9 Å². The summed E-state index contributed by atoms with van der Waals surface area (Å²) in [4.78, 5) is 4.94. The number of nitrogens with zero attached hydrogens (tertiary/aromatic N) is 5. The largest absolute Gasteiger partial charge is 0.487 e. The third-order valence-electron chi connectivity index (χ3n) is 9.32. The molecule has 0 unspecified atom stereocenters. The third kappa shape index (κ3) is 4.74. The van der Waals surface area contributed by atoms with Crippen molar-refractivity contribution in [1.82, 2.24) is 28.3 Å². The number of benzene rings is 2. The quantitative estimate of drug-likeness (QED) is 0.275. The number of fused-ring (bicyclic) bond motifs is 4. The molecule has 4 heterocycles. The molecule has 0 amide bonds. The maximum atomic E-state index is 13.9. The van der Waals surface area contributed by atoms with Gasteiger partial charge in [0, 0.05) is 30.1 Å². The second-order valence-corrected chi connectivity index (χ2v) is 16.5. The summed E-state index contributed by atoms with van der Waals surface area (Å²) in [7, 11) is -7.71. The van der Waals surface area contributed by atoms with Crippen LogP contribution < -0.4 is 9.46 Å². The monoisotopic (exact) mass is 648 g/mol. The van der Waals surface area contributed by atoms with E-state index in [1.807, 2.05) is 45.9 Å². The van der Waals surface area contributed by atoms with Gasteiger partial charge in [-0.15, -0.1) is 10.2 Å². The predicted molar refractivity (Wildman–Crippen MR) is 170 cm³/mol. The van der Waals surface area contributed by atoms with E-state index in [4.69, 9.17) is 4.74 Å². The average Bonchev–Trinajstić information content (AvgIpc) is 3.75. The maximum Gasteiger partial charge on any atom is 0.269 e. The molecular weight excluding hydrogens is 613 g/mol. The Kier molecular flexibility index (Phi) is 6.70. The Labute approximate surface area is 262 Å². The molecule has 0 bridgehead atoms. The molecule has 0 radical (unpaired) electrons. The van der Waals surface area contributed by atoms with Crippen molar-refractivity contribution in [1.29, 1.82) is 0 Å². The first kappa shape index (κ1) is 29.9. The highest BCUT2D eigenvalue weighted by atomic mass is 32.2. The molecule has 1 aliphatic carbocycles. The zero-order chi connectivity index (χ0) is 32.1. The van der Waals surface area contributed by atoms with Crippen LogP contribution >= 0.6 is 0 Å². The van der Waals surface area contributed by atoms with Crippen LogP contribution in [-0.4, -0.2) is 52.0 Å². The first-order chi connectivity index (χ1) is 21.2. The molecule has 1 saturated carbocycles. The van der Waals surface area contributed by atoms with E-state index >= 15 is 0 Å². The highest BCUT2D eigenvalue weighted by Gasteiger charge is 2.38. The van der Waals surface area contributed by atoms with Gasteiger partial charge in [0.15, 0.2) is 11.3 Å². The lowest BCUT2D eigenvalue weighted by atomic mass is 9.94. The Hall–Kier alpha value is -3.81. The Balaban J connectivity index is 1.19. The van der Waals surface area contributed by atoms with Crippen LogP contribution in [0.2, 0.25) is 0 Å². The van der Waals surface area contributed by atoms with Gasteiger partial charge in [0.1, 0.15) is 17.2 Å². The van der Waals surface area contributed by atoms with Crippen LogP contribution in [0.25, 0.3) is 16.8 Å². The summed E-state index contributed by atoms with van der Waals surface area (Å²) in [5.41, 5.74) is 5.17.